The van der Waals surface area contributed by atoms with Crippen molar-refractivity contribution in [3.8, 4) is 0 Å². The van der Waals surface area contributed by atoms with Crippen LogP contribution in [-0.4, -0.2) is 61.4 Å². The van der Waals surface area contributed by atoms with Crippen LogP contribution in [0.1, 0.15) is 28.9 Å². The molecule has 1 fully saturated rings. The number of fused-ring (bicyclic) bond motifs is 1. The van der Waals surface area contributed by atoms with E-state index in [0.717, 1.165) is 43.1 Å². The van der Waals surface area contributed by atoms with Gasteiger partial charge in [-0.3, -0.25) is 9.48 Å². The third-order valence-corrected chi connectivity index (χ3v) is 5.08. The maximum atomic E-state index is 12.6. The van der Waals surface area contributed by atoms with Crippen molar-refractivity contribution < 1.29 is 4.79 Å². The van der Waals surface area contributed by atoms with Gasteiger partial charge in [-0.15, -0.1) is 0 Å². The Balaban J connectivity index is 1.47. The number of hydrogen-bond acceptors (Lipinski definition) is 5. The van der Waals surface area contributed by atoms with E-state index in [1.807, 2.05) is 36.5 Å². The van der Waals surface area contributed by atoms with Gasteiger partial charge in [-0.2, -0.15) is 14.7 Å². The molecule has 0 unspecified atom stereocenters. The lowest BCUT2D eigenvalue weighted by Gasteiger charge is -2.37. The number of nitrogens with zero attached hydrogens (tertiary/aromatic N) is 7. The number of carbonyl (C=O) groups excluding carboxylic acids is 1. The average molecular weight is 353 g/mol. The van der Waals surface area contributed by atoms with Crippen molar-refractivity contribution in [2.45, 2.75) is 25.8 Å². The Morgan fingerprint density at radius 2 is 2.04 bits per heavy atom. The van der Waals surface area contributed by atoms with Crippen LogP contribution in [0.25, 0.3) is 5.65 Å². The van der Waals surface area contributed by atoms with Gasteiger partial charge in [0.2, 0.25) is 0 Å². The van der Waals surface area contributed by atoms with Crippen molar-refractivity contribution >= 4 is 17.4 Å². The molecule has 3 aromatic heterocycles. The third-order valence-electron chi connectivity index (χ3n) is 5.08. The standard InChI is InChI=1S/C18H23N7O/c1-13-10-17(25-16(21-13)4-7-19-25)24-8-5-15(6-9-24)23(3)18(26)14-11-20-22(2)12-14/h4,7,10-12,15H,5-6,8-9H2,1-3H3. The molecule has 0 saturated carbocycles. The molecule has 8 nitrogen and oxygen atoms in total. The first-order chi connectivity index (χ1) is 12.5. The molecule has 0 bridgehead atoms. The van der Waals surface area contributed by atoms with Gasteiger partial charge in [-0.25, -0.2) is 4.98 Å². The van der Waals surface area contributed by atoms with Crippen molar-refractivity contribution in [2.75, 3.05) is 25.0 Å². The van der Waals surface area contributed by atoms with Crippen molar-refractivity contribution in [3.05, 3.63) is 42.0 Å². The summed E-state index contributed by atoms with van der Waals surface area (Å²) < 4.78 is 3.54. The molecule has 1 amide bonds. The molecule has 0 spiro atoms. The highest BCUT2D eigenvalue weighted by molar-refractivity contribution is 5.93. The van der Waals surface area contributed by atoms with E-state index >= 15 is 0 Å². The minimum Gasteiger partial charge on any atom is -0.356 e. The Morgan fingerprint density at radius 3 is 2.73 bits per heavy atom. The first-order valence-corrected chi connectivity index (χ1v) is 8.85. The van der Waals surface area contributed by atoms with Gasteiger partial charge in [0.25, 0.3) is 5.91 Å². The lowest BCUT2D eigenvalue weighted by molar-refractivity contribution is 0.0709. The summed E-state index contributed by atoms with van der Waals surface area (Å²) in [5.74, 6) is 1.10. The summed E-state index contributed by atoms with van der Waals surface area (Å²) in [4.78, 5) is 21.3. The van der Waals surface area contributed by atoms with E-state index in [0.29, 0.717) is 5.56 Å². The quantitative estimate of drug-likeness (QED) is 0.714. The molecular formula is C18H23N7O. The van der Waals surface area contributed by atoms with E-state index < -0.39 is 0 Å². The first-order valence-electron chi connectivity index (χ1n) is 8.85. The number of anilines is 1. The molecule has 0 aromatic carbocycles. The molecule has 1 saturated heterocycles. The van der Waals surface area contributed by atoms with E-state index in [9.17, 15) is 4.79 Å². The number of hydrogen-bond donors (Lipinski definition) is 0. The SMILES string of the molecule is Cc1cc(N2CCC(N(C)C(=O)c3cnn(C)c3)CC2)n2nccc2n1. The van der Waals surface area contributed by atoms with Crippen LogP contribution < -0.4 is 4.90 Å². The van der Waals surface area contributed by atoms with E-state index in [-0.39, 0.29) is 11.9 Å². The molecule has 3 aromatic rings. The molecule has 0 atom stereocenters. The van der Waals surface area contributed by atoms with Crippen LogP contribution in [0, 0.1) is 6.92 Å². The second kappa shape index (κ2) is 6.44. The molecule has 0 N–H and O–H groups in total. The number of rotatable bonds is 3. The van der Waals surface area contributed by atoms with Gasteiger partial charge < -0.3 is 9.80 Å². The number of piperidine rings is 1. The molecule has 4 rings (SSSR count). The predicted molar refractivity (Wildman–Crippen MR) is 98.3 cm³/mol. The summed E-state index contributed by atoms with van der Waals surface area (Å²) in [6.07, 6.45) is 7.02. The maximum Gasteiger partial charge on any atom is 0.257 e. The summed E-state index contributed by atoms with van der Waals surface area (Å²) in [7, 11) is 3.71. The number of amides is 1. The van der Waals surface area contributed by atoms with Crippen molar-refractivity contribution in [1.29, 1.82) is 0 Å². The van der Waals surface area contributed by atoms with E-state index in [1.54, 1.807) is 23.3 Å². The van der Waals surface area contributed by atoms with E-state index in [2.05, 4.69) is 26.1 Å². The molecule has 4 heterocycles. The summed E-state index contributed by atoms with van der Waals surface area (Å²) in [5, 5.41) is 8.49. The molecule has 26 heavy (non-hydrogen) atoms. The highest BCUT2D eigenvalue weighted by Gasteiger charge is 2.27. The summed E-state index contributed by atoms with van der Waals surface area (Å²) in [6, 6.07) is 4.23. The second-order valence-electron chi connectivity index (χ2n) is 6.89. The van der Waals surface area contributed by atoms with Crippen LogP contribution in [0.4, 0.5) is 5.82 Å². The molecule has 1 aliphatic heterocycles. The fourth-order valence-corrected chi connectivity index (χ4v) is 3.63. The van der Waals surface area contributed by atoms with Gasteiger partial charge in [0, 0.05) is 57.3 Å². The third kappa shape index (κ3) is 2.91. The molecule has 0 radical (unpaired) electrons. The van der Waals surface area contributed by atoms with Gasteiger partial charge in [-0.1, -0.05) is 0 Å². The molecule has 8 heteroatoms. The van der Waals surface area contributed by atoms with Gasteiger partial charge >= 0.3 is 0 Å². The zero-order valence-electron chi connectivity index (χ0n) is 15.3. The van der Waals surface area contributed by atoms with Gasteiger partial charge in [0.15, 0.2) is 5.65 Å². The Labute approximate surface area is 152 Å². The zero-order valence-corrected chi connectivity index (χ0v) is 15.3. The Kier molecular flexibility index (Phi) is 4.10. The molecule has 136 valence electrons. The van der Waals surface area contributed by atoms with Crippen LogP contribution in [0.15, 0.2) is 30.7 Å². The fraction of sp³-hybridized carbons (Fsp3) is 0.444. The second-order valence-corrected chi connectivity index (χ2v) is 6.89. The van der Waals surface area contributed by atoms with Crippen LogP contribution in [0.2, 0.25) is 0 Å². The smallest absolute Gasteiger partial charge is 0.257 e. The van der Waals surface area contributed by atoms with Crippen molar-refractivity contribution in [3.63, 3.8) is 0 Å². The number of aromatic nitrogens is 5. The minimum atomic E-state index is 0.0331. The molecule has 0 aliphatic carbocycles. The van der Waals surface area contributed by atoms with Gasteiger partial charge in [0.1, 0.15) is 5.82 Å². The highest BCUT2D eigenvalue weighted by atomic mass is 16.2. The van der Waals surface area contributed by atoms with Gasteiger partial charge in [-0.05, 0) is 19.8 Å². The maximum absolute atomic E-state index is 12.6. The molecular weight excluding hydrogens is 330 g/mol. The predicted octanol–water partition coefficient (Wildman–Crippen LogP) is 1.51. The Bertz CT molecular complexity index is 936. The number of aryl methyl sites for hydroxylation is 2. The summed E-state index contributed by atoms with van der Waals surface area (Å²) >= 11 is 0. The van der Waals surface area contributed by atoms with E-state index in [1.165, 1.54) is 0 Å². The lowest BCUT2D eigenvalue weighted by Crippen LogP contribution is -2.46. The Morgan fingerprint density at radius 1 is 1.27 bits per heavy atom. The van der Waals surface area contributed by atoms with Crippen LogP contribution >= 0.6 is 0 Å². The van der Waals surface area contributed by atoms with Crippen LogP contribution in [0.3, 0.4) is 0 Å². The molecule has 1 aliphatic rings. The normalized spacial score (nSPS) is 15.6. The van der Waals surface area contributed by atoms with Gasteiger partial charge in [0.05, 0.1) is 18.0 Å². The van der Waals surface area contributed by atoms with Crippen molar-refractivity contribution in [1.82, 2.24) is 29.3 Å². The monoisotopic (exact) mass is 353 g/mol. The fourth-order valence-electron chi connectivity index (χ4n) is 3.63. The van der Waals surface area contributed by atoms with E-state index in [4.69, 9.17) is 0 Å². The Hall–Kier alpha value is -2.90. The lowest BCUT2D eigenvalue weighted by atomic mass is 10.0. The first kappa shape index (κ1) is 16.6. The largest absolute Gasteiger partial charge is 0.356 e. The highest BCUT2D eigenvalue weighted by Crippen LogP contribution is 2.24. The van der Waals surface area contributed by atoms with Crippen LogP contribution in [0.5, 0.6) is 0 Å². The average Bonchev–Trinajstić information content (AvgIpc) is 3.28. The van der Waals surface area contributed by atoms with Crippen LogP contribution in [-0.2, 0) is 7.05 Å². The summed E-state index contributed by atoms with van der Waals surface area (Å²) in [5.41, 5.74) is 2.49. The zero-order chi connectivity index (χ0) is 18.3. The number of carbonyl (C=O) groups is 1. The van der Waals surface area contributed by atoms with Crippen molar-refractivity contribution in [2.24, 2.45) is 7.05 Å². The summed E-state index contributed by atoms with van der Waals surface area (Å²) in [6.45, 7) is 3.77. The topological polar surface area (TPSA) is 71.6 Å². The minimum absolute atomic E-state index is 0.0331.